The Hall–Kier alpha value is -6.42. The standard InChI is InChI=1S/C54H41NOS/c1-53(2)44-16-10-8-14-41(44)42-28-27-40(33-47(42)53)55(38-23-18-35(19-24-38)34-12-6-5-7-13-34)39-25-20-36(21-26-39)37-22-29-45-48(32-37)56-52-46(54(45,3)4)30-31-50-51(52)43-15-9-11-17-49(43)57-50/h5-33H,1-4H3. The van der Waals surface area contributed by atoms with E-state index in [0.717, 1.165) is 39.7 Å². The molecular formula is C54H41NOS. The Morgan fingerprint density at radius 2 is 1.00 bits per heavy atom. The number of hydrogen-bond donors (Lipinski definition) is 0. The number of benzene rings is 8. The van der Waals surface area contributed by atoms with E-state index in [0.29, 0.717) is 0 Å². The molecule has 8 aromatic carbocycles. The number of ether oxygens (including phenoxy) is 1. The van der Waals surface area contributed by atoms with Crippen LogP contribution in [0.25, 0.3) is 53.6 Å². The van der Waals surface area contributed by atoms with Gasteiger partial charge in [0.1, 0.15) is 11.5 Å². The minimum Gasteiger partial charge on any atom is -0.456 e. The summed E-state index contributed by atoms with van der Waals surface area (Å²) in [7, 11) is 0. The summed E-state index contributed by atoms with van der Waals surface area (Å²) in [4.78, 5) is 2.39. The van der Waals surface area contributed by atoms with E-state index in [-0.39, 0.29) is 10.8 Å². The van der Waals surface area contributed by atoms with E-state index in [1.165, 1.54) is 64.7 Å². The topological polar surface area (TPSA) is 12.5 Å². The Labute approximate surface area is 338 Å². The Kier molecular flexibility index (Phi) is 7.46. The monoisotopic (exact) mass is 751 g/mol. The summed E-state index contributed by atoms with van der Waals surface area (Å²) in [6.45, 7) is 9.34. The molecule has 1 aliphatic carbocycles. The number of hydrogen-bond acceptors (Lipinski definition) is 3. The van der Waals surface area contributed by atoms with Gasteiger partial charge in [-0.05, 0) is 99.1 Å². The average Bonchev–Trinajstić information content (AvgIpc) is 3.74. The first-order valence-corrected chi connectivity index (χ1v) is 20.6. The zero-order valence-electron chi connectivity index (χ0n) is 32.5. The number of anilines is 3. The number of fused-ring (bicyclic) bond motifs is 9. The molecule has 0 fully saturated rings. The first-order valence-electron chi connectivity index (χ1n) is 19.8. The van der Waals surface area contributed by atoms with E-state index in [4.69, 9.17) is 4.74 Å². The third-order valence-corrected chi connectivity index (χ3v) is 13.7. The number of thiophene rings is 1. The fourth-order valence-corrected chi connectivity index (χ4v) is 10.6. The third kappa shape index (κ3) is 5.22. The van der Waals surface area contributed by atoms with Crippen molar-refractivity contribution in [3.8, 4) is 44.9 Å². The van der Waals surface area contributed by atoms with Crippen molar-refractivity contribution in [3.05, 3.63) is 198 Å². The molecule has 1 aromatic heterocycles. The van der Waals surface area contributed by atoms with Crippen LogP contribution in [0.4, 0.5) is 17.1 Å². The fraction of sp³-hybridized carbons (Fsp3) is 0.111. The molecule has 2 heterocycles. The molecular weight excluding hydrogens is 711 g/mol. The largest absolute Gasteiger partial charge is 0.456 e. The van der Waals surface area contributed by atoms with Gasteiger partial charge in [0, 0.05) is 59.2 Å². The van der Waals surface area contributed by atoms with Gasteiger partial charge in [-0.3, -0.25) is 0 Å². The van der Waals surface area contributed by atoms with E-state index in [2.05, 4.69) is 209 Å². The van der Waals surface area contributed by atoms with Crippen molar-refractivity contribution in [1.29, 1.82) is 0 Å². The highest BCUT2D eigenvalue weighted by Crippen LogP contribution is 2.54. The Bertz CT molecular complexity index is 3030. The molecule has 2 aliphatic rings. The fourth-order valence-electron chi connectivity index (χ4n) is 9.46. The van der Waals surface area contributed by atoms with Crippen molar-refractivity contribution < 1.29 is 4.74 Å². The van der Waals surface area contributed by atoms with Gasteiger partial charge >= 0.3 is 0 Å². The summed E-state index contributed by atoms with van der Waals surface area (Å²) in [5.41, 5.74) is 15.6. The molecule has 3 heteroatoms. The second-order valence-electron chi connectivity index (χ2n) is 16.5. The van der Waals surface area contributed by atoms with Crippen molar-refractivity contribution in [1.82, 2.24) is 0 Å². The van der Waals surface area contributed by atoms with Gasteiger partial charge in [-0.2, -0.15) is 0 Å². The van der Waals surface area contributed by atoms with Crippen LogP contribution < -0.4 is 9.64 Å². The summed E-state index contributed by atoms with van der Waals surface area (Å²) >= 11 is 1.83. The van der Waals surface area contributed by atoms with Crippen LogP contribution >= 0.6 is 11.3 Å². The normalized spacial score (nSPS) is 14.4. The van der Waals surface area contributed by atoms with E-state index in [1.807, 2.05) is 11.3 Å². The molecule has 274 valence electrons. The van der Waals surface area contributed by atoms with Crippen molar-refractivity contribution >= 4 is 48.6 Å². The second-order valence-corrected chi connectivity index (χ2v) is 17.6. The van der Waals surface area contributed by atoms with E-state index >= 15 is 0 Å². The summed E-state index contributed by atoms with van der Waals surface area (Å²) in [6, 6.07) is 64.4. The SMILES string of the molecule is CC1(C)c2ccccc2-c2ccc(N(c3ccc(-c4ccccc4)cc3)c3ccc(-c4ccc5c(c4)Oc4c(ccc6sc7ccccc7c46)C5(C)C)cc3)cc21. The van der Waals surface area contributed by atoms with Crippen LogP contribution in [0.3, 0.4) is 0 Å². The van der Waals surface area contributed by atoms with Crippen LogP contribution in [-0.4, -0.2) is 0 Å². The van der Waals surface area contributed by atoms with Gasteiger partial charge in [-0.25, -0.2) is 0 Å². The van der Waals surface area contributed by atoms with Crippen LogP contribution in [0.2, 0.25) is 0 Å². The van der Waals surface area contributed by atoms with E-state index < -0.39 is 0 Å². The predicted octanol–water partition coefficient (Wildman–Crippen LogP) is 15.6. The van der Waals surface area contributed by atoms with E-state index in [1.54, 1.807) is 0 Å². The number of rotatable bonds is 5. The van der Waals surface area contributed by atoms with Gasteiger partial charge in [-0.1, -0.05) is 149 Å². The summed E-state index contributed by atoms with van der Waals surface area (Å²) in [6.07, 6.45) is 0. The summed E-state index contributed by atoms with van der Waals surface area (Å²) < 4.78 is 9.50. The van der Waals surface area contributed by atoms with Gasteiger partial charge in [-0.15, -0.1) is 11.3 Å². The second kappa shape index (κ2) is 12.5. The first kappa shape index (κ1) is 33.9. The quantitative estimate of drug-likeness (QED) is 0.174. The maximum atomic E-state index is 6.95. The molecule has 0 bridgehead atoms. The van der Waals surface area contributed by atoms with Crippen LogP contribution in [0.15, 0.2) is 176 Å². The average molecular weight is 752 g/mol. The maximum Gasteiger partial charge on any atom is 0.140 e. The lowest BCUT2D eigenvalue weighted by Crippen LogP contribution is -2.24. The lowest BCUT2D eigenvalue weighted by atomic mass is 9.75. The molecule has 57 heavy (non-hydrogen) atoms. The highest BCUT2D eigenvalue weighted by Gasteiger charge is 2.37. The molecule has 1 aliphatic heterocycles. The Balaban J connectivity index is 0.985. The molecule has 9 aromatic rings. The van der Waals surface area contributed by atoms with Gasteiger partial charge < -0.3 is 9.64 Å². The zero-order valence-corrected chi connectivity index (χ0v) is 33.3. The molecule has 2 nitrogen and oxygen atoms in total. The molecule has 0 spiro atoms. The molecule has 11 rings (SSSR count). The molecule has 0 saturated heterocycles. The van der Waals surface area contributed by atoms with Crippen molar-refractivity contribution in [3.63, 3.8) is 0 Å². The Morgan fingerprint density at radius 1 is 0.421 bits per heavy atom. The van der Waals surface area contributed by atoms with Crippen LogP contribution in [-0.2, 0) is 10.8 Å². The predicted molar refractivity (Wildman–Crippen MR) is 241 cm³/mol. The molecule has 0 unspecified atom stereocenters. The van der Waals surface area contributed by atoms with Crippen molar-refractivity contribution in [2.24, 2.45) is 0 Å². The molecule has 0 saturated carbocycles. The molecule has 0 atom stereocenters. The van der Waals surface area contributed by atoms with Crippen LogP contribution in [0.5, 0.6) is 11.5 Å². The summed E-state index contributed by atoms with van der Waals surface area (Å²) in [5.74, 6) is 1.92. The van der Waals surface area contributed by atoms with Crippen LogP contribution in [0.1, 0.15) is 49.9 Å². The van der Waals surface area contributed by atoms with Gasteiger partial charge in [0.15, 0.2) is 0 Å². The van der Waals surface area contributed by atoms with Crippen molar-refractivity contribution in [2.75, 3.05) is 4.90 Å². The lowest BCUT2D eigenvalue weighted by Gasteiger charge is -2.35. The lowest BCUT2D eigenvalue weighted by molar-refractivity contribution is 0.423. The Morgan fingerprint density at radius 3 is 1.77 bits per heavy atom. The van der Waals surface area contributed by atoms with E-state index in [9.17, 15) is 0 Å². The van der Waals surface area contributed by atoms with Gasteiger partial charge in [0.25, 0.3) is 0 Å². The summed E-state index contributed by atoms with van der Waals surface area (Å²) in [5, 5.41) is 2.48. The molecule has 0 N–H and O–H groups in total. The maximum absolute atomic E-state index is 6.95. The first-order chi connectivity index (χ1) is 27.8. The highest BCUT2D eigenvalue weighted by atomic mass is 32.1. The third-order valence-electron chi connectivity index (χ3n) is 12.6. The minimum atomic E-state index is -0.203. The van der Waals surface area contributed by atoms with Gasteiger partial charge in [0.2, 0.25) is 0 Å². The van der Waals surface area contributed by atoms with Crippen LogP contribution in [0, 0.1) is 0 Å². The molecule has 0 amide bonds. The van der Waals surface area contributed by atoms with Crippen molar-refractivity contribution in [2.45, 2.75) is 38.5 Å². The molecule has 0 radical (unpaired) electrons. The number of nitrogens with zero attached hydrogens (tertiary/aromatic N) is 1. The van der Waals surface area contributed by atoms with Gasteiger partial charge in [0.05, 0.1) is 0 Å². The highest BCUT2D eigenvalue weighted by molar-refractivity contribution is 7.25. The zero-order chi connectivity index (χ0) is 38.5. The smallest absolute Gasteiger partial charge is 0.140 e. The minimum absolute atomic E-state index is 0.0967.